The molecule has 0 saturated carbocycles. The molecule has 0 saturated heterocycles. The number of alkyl halides is 3. The molecule has 1 nitrogen and oxygen atoms in total. The summed E-state index contributed by atoms with van der Waals surface area (Å²) >= 11 is 0. The van der Waals surface area contributed by atoms with Crippen LogP contribution in [0.15, 0.2) is 48.5 Å². The number of nitrogens with zero attached hydrogens (tertiary/aromatic N) is 1. The zero-order valence-electron chi connectivity index (χ0n) is 13.7. The summed E-state index contributed by atoms with van der Waals surface area (Å²) in [6.07, 6.45) is -2.37. The van der Waals surface area contributed by atoms with E-state index < -0.39 is 11.7 Å². The van der Waals surface area contributed by atoms with Gasteiger partial charge in [0, 0.05) is 12.0 Å². The minimum Gasteiger partial charge on any atom is -0.306 e. The van der Waals surface area contributed by atoms with E-state index in [0.717, 1.165) is 18.4 Å². The Morgan fingerprint density at radius 1 is 0.958 bits per heavy atom. The number of rotatable bonds is 2. The second-order valence-electron chi connectivity index (χ2n) is 6.43. The Morgan fingerprint density at radius 3 is 2.17 bits per heavy atom. The second kappa shape index (κ2) is 7.16. The van der Waals surface area contributed by atoms with Crippen molar-refractivity contribution in [3.8, 4) is 0 Å². The van der Waals surface area contributed by atoms with E-state index >= 15 is 0 Å². The first-order valence-electron chi connectivity index (χ1n) is 7.77. The van der Waals surface area contributed by atoms with Gasteiger partial charge in [0.2, 0.25) is 0 Å². The zero-order chi connectivity index (χ0) is 16.6. The van der Waals surface area contributed by atoms with Gasteiger partial charge in [0.1, 0.15) is 0 Å². The van der Waals surface area contributed by atoms with Crippen molar-refractivity contribution < 1.29 is 13.2 Å². The summed E-state index contributed by atoms with van der Waals surface area (Å²) < 4.78 is 38.3. The number of hydrogen-bond donors (Lipinski definition) is 0. The molecule has 0 aliphatic heterocycles. The minimum absolute atomic E-state index is 0. The highest BCUT2D eigenvalue weighted by molar-refractivity contribution is 5.85. The number of hydrogen-bond acceptors (Lipinski definition) is 1. The number of fused-ring (bicyclic) bond motifs is 1. The van der Waals surface area contributed by atoms with Crippen molar-refractivity contribution >= 4 is 12.4 Å². The van der Waals surface area contributed by atoms with Crippen LogP contribution in [-0.2, 0) is 12.6 Å². The maximum atomic E-state index is 12.8. The van der Waals surface area contributed by atoms with Gasteiger partial charge in [-0.3, -0.25) is 0 Å². The molecule has 2 aromatic rings. The van der Waals surface area contributed by atoms with Gasteiger partial charge in [-0.1, -0.05) is 36.4 Å². The SMILES string of the molecule is CN(C)[C@H]1Cc2ccccc2[C@H](c2ccc(C(F)(F)F)cc2)C1.Cl. The third-order valence-corrected chi connectivity index (χ3v) is 4.76. The monoisotopic (exact) mass is 355 g/mol. The lowest BCUT2D eigenvalue weighted by Crippen LogP contribution is -2.35. The Labute approximate surface area is 146 Å². The molecule has 0 radical (unpaired) electrons. The third kappa shape index (κ3) is 3.76. The molecule has 0 spiro atoms. The Balaban J connectivity index is 0.00000208. The van der Waals surface area contributed by atoms with Crippen LogP contribution in [0, 0.1) is 0 Å². The van der Waals surface area contributed by atoms with Crippen molar-refractivity contribution in [2.45, 2.75) is 31.0 Å². The fraction of sp³-hybridized carbons (Fsp3) is 0.368. The van der Waals surface area contributed by atoms with Crippen LogP contribution in [0.25, 0.3) is 0 Å². The van der Waals surface area contributed by atoms with Crippen LogP contribution in [0.3, 0.4) is 0 Å². The summed E-state index contributed by atoms with van der Waals surface area (Å²) in [6.45, 7) is 0. The van der Waals surface area contributed by atoms with Crippen molar-refractivity contribution in [1.82, 2.24) is 4.90 Å². The molecule has 3 rings (SSSR count). The van der Waals surface area contributed by atoms with E-state index in [4.69, 9.17) is 0 Å². The first-order chi connectivity index (χ1) is 10.9. The van der Waals surface area contributed by atoms with Gasteiger partial charge in [0.15, 0.2) is 0 Å². The van der Waals surface area contributed by atoms with E-state index in [1.54, 1.807) is 12.1 Å². The van der Waals surface area contributed by atoms with Crippen LogP contribution >= 0.6 is 12.4 Å². The minimum atomic E-state index is -4.28. The van der Waals surface area contributed by atoms with E-state index in [-0.39, 0.29) is 18.3 Å². The number of benzene rings is 2. The summed E-state index contributed by atoms with van der Waals surface area (Å²) in [6, 6.07) is 14.3. The van der Waals surface area contributed by atoms with Gasteiger partial charge < -0.3 is 4.90 Å². The van der Waals surface area contributed by atoms with Crippen molar-refractivity contribution in [3.05, 3.63) is 70.8 Å². The van der Waals surface area contributed by atoms with Crippen molar-refractivity contribution in [3.63, 3.8) is 0 Å². The molecule has 5 heteroatoms. The number of likely N-dealkylation sites (N-methyl/N-ethyl adjacent to an activating group) is 1. The van der Waals surface area contributed by atoms with Crippen LogP contribution in [0.1, 0.15) is 34.6 Å². The van der Waals surface area contributed by atoms with Gasteiger partial charge in [0.05, 0.1) is 5.56 Å². The third-order valence-electron chi connectivity index (χ3n) is 4.76. The molecule has 0 fully saturated rings. The molecule has 0 amide bonds. The molecule has 1 aliphatic carbocycles. The quantitative estimate of drug-likeness (QED) is 0.721. The van der Waals surface area contributed by atoms with Crippen LogP contribution in [0.5, 0.6) is 0 Å². The van der Waals surface area contributed by atoms with E-state index in [0.29, 0.717) is 6.04 Å². The maximum Gasteiger partial charge on any atom is 0.416 e. The molecule has 1 aliphatic rings. The van der Waals surface area contributed by atoms with Gasteiger partial charge in [-0.2, -0.15) is 13.2 Å². The van der Waals surface area contributed by atoms with Gasteiger partial charge in [-0.05, 0) is 55.8 Å². The Hall–Kier alpha value is -1.52. The van der Waals surface area contributed by atoms with Gasteiger partial charge in [0.25, 0.3) is 0 Å². The average Bonchev–Trinajstić information content (AvgIpc) is 2.53. The van der Waals surface area contributed by atoms with Gasteiger partial charge in [-0.25, -0.2) is 0 Å². The van der Waals surface area contributed by atoms with Crippen LogP contribution < -0.4 is 0 Å². The molecule has 0 unspecified atom stereocenters. The van der Waals surface area contributed by atoms with Gasteiger partial charge in [-0.15, -0.1) is 12.4 Å². The summed E-state index contributed by atoms with van der Waals surface area (Å²) in [7, 11) is 4.12. The Kier molecular flexibility index (Phi) is 5.61. The lowest BCUT2D eigenvalue weighted by atomic mass is 9.76. The van der Waals surface area contributed by atoms with Crippen molar-refractivity contribution in [2.75, 3.05) is 14.1 Å². The molecule has 2 aromatic carbocycles. The molecule has 0 aromatic heterocycles. The van der Waals surface area contributed by atoms with Gasteiger partial charge >= 0.3 is 6.18 Å². The predicted octanol–water partition coefficient (Wildman–Crippen LogP) is 5.14. The highest BCUT2D eigenvalue weighted by Gasteiger charge is 2.32. The number of halogens is 4. The highest BCUT2D eigenvalue weighted by Crippen LogP contribution is 2.39. The normalized spacial score (nSPS) is 20.4. The highest BCUT2D eigenvalue weighted by atomic mass is 35.5. The molecule has 0 heterocycles. The second-order valence-corrected chi connectivity index (χ2v) is 6.43. The first kappa shape index (κ1) is 18.8. The molecule has 0 bridgehead atoms. The molecule has 130 valence electrons. The van der Waals surface area contributed by atoms with Crippen molar-refractivity contribution in [2.24, 2.45) is 0 Å². The van der Waals surface area contributed by atoms with E-state index in [1.807, 2.05) is 12.1 Å². The fourth-order valence-corrected chi connectivity index (χ4v) is 3.41. The molecule has 0 N–H and O–H groups in total. The fourth-order valence-electron chi connectivity index (χ4n) is 3.41. The van der Waals surface area contributed by atoms with E-state index in [2.05, 4.69) is 31.1 Å². The molecule has 24 heavy (non-hydrogen) atoms. The summed E-state index contributed by atoms with van der Waals surface area (Å²) in [5.74, 6) is 0.148. The molecular weight excluding hydrogens is 335 g/mol. The van der Waals surface area contributed by atoms with Crippen LogP contribution in [0.4, 0.5) is 13.2 Å². The Bertz CT molecular complexity index is 680. The smallest absolute Gasteiger partial charge is 0.306 e. The average molecular weight is 356 g/mol. The summed E-state index contributed by atoms with van der Waals surface area (Å²) in [4.78, 5) is 2.20. The zero-order valence-corrected chi connectivity index (χ0v) is 14.5. The molecule has 2 atom stereocenters. The lowest BCUT2D eigenvalue weighted by molar-refractivity contribution is -0.137. The topological polar surface area (TPSA) is 3.24 Å². The van der Waals surface area contributed by atoms with E-state index in [9.17, 15) is 13.2 Å². The summed E-state index contributed by atoms with van der Waals surface area (Å²) in [5, 5.41) is 0. The predicted molar refractivity (Wildman–Crippen MR) is 92.8 cm³/mol. The Morgan fingerprint density at radius 2 is 1.58 bits per heavy atom. The summed E-state index contributed by atoms with van der Waals surface area (Å²) in [5.41, 5.74) is 2.90. The maximum absolute atomic E-state index is 12.8. The van der Waals surface area contributed by atoms with Crippen LogP contribution in [-0.4, -0.2) is 25.0 Å². The van der Waals surface area contributed by atoms with E-state index in [1.165, 1.54) is 23.3 Å². The standard InChI is InChI=1S/C19H20F3N.ClH/c1-23(2)16-11-14-5-3-4-6-17(14)18(12-16)13-7-9-15(10-8-13)19(20,21)22;/h3-10,16,18H,11-12H2,1-2H3;1H/t16-,18-;/m0./s1. The van der Waals surface area contributed by atoms with Crippen LogP contribution in [0.2, 0.25) is 0 Å². The first-order valence-corrected chi connectivity index (χ1v) is 7.77. The van der Waals surface area contributed by atoms with Crippen molar-refractivity contribution in [1.29, 1.82) is 0 Å². The largest absolute Gasteiger partial charge is 0.416 e. The molecular formula is C19H21ClF3N. The lowest BCUT2D eigenvalue weighted by Gasteiger charge is -2.35.